The Balaban J connectivity index is 1.23. The van der Waals surface area contributed by atoms with Crippen molar-refractivity contribution >= 4 is 18.0 Å². The second-order valence-electron chi connectivity index (χ2n) is 9.54. The molecule has 33 heavy (non-hydrogen) atoms. The number of fused-ring (bicyclic) bond motifs is 3. The molecule has 2 saturated carbocycles. The molecule has 0 aromatic heterocycles. The van der Waals surface area contributed by atoms with E-state index < -0.39 is 23.6 Å². The van der Waals surface area contributed by atoms with Crippen molar-refractivity contribution in [1.29, 1.82) is 0 Å². The Morgan fingerprint density at radius 1 is 1.00 bits per heavy atom. The molecule has 0 radical (unpaired) electrons. The highest BCUT2D eigenvalue weighted by Crippen LogP contribution is 2.44. The summed E-state index contributed by atoms with van der Waals surface area (Å²) in [6, 6.07) is 15.5. The van der Waals surface area contributed by atoms with Gasteiger partial charge < -0.3 is 20.5 Å². The molecule has 2 amide bonds. The highest BCUT2D eigenvalue weighted by Gasteiger charge is 2.47. The predicted octanol–water partition coefficient (Wildman–Crippen LogP) is 3.82. The zero-order chi connectivity index (χ0) is 23.0. The van der Waals surface area contributed by atoms with Gasteiger partial charge in [-0.3, -0.25) is 9.59 Å². The predicted molar refractivity (Wildman–Crippen MR) is 122 cm³/mol. The number of carbonyl (C=O) groups is 3. The molecule has 172 valence electrons. The lowest BCUT2D eigenvalue weighted by Gasteiger charge is -2.23. The molecule has 7 heteroatoms. The normalized spacial score (nSPS) is 18.5. The third-order valence-corrected chi connectivity index (χ3v) is 6.95. The minimum atomic E-state index is -0.934. The van der Waals surface area contributed by atoms with E-state index in [9.17, 15) is 14.4 Å². The van der Waals surface area contributed by atoms with Crippen LogP contribution in [0.3, 0.4) is 0 Å². The van der Waals surface area contributed by atoms with Crippen LogP contribution < -0.4 is 10.6 Å². The maximum atomic E-state index is 12.9. The molecule has 3 N–H and O–H groups in total. The van der Waals surface area contributed by atoms with E-state index in [0.29, 0.717) is 25.2 Å². The molecule has 2 fully saturated rings. The van der Waals surface area contributed by atoms with Crippen LogP contribution in [0.2, 0.25) is 0 Å². The van der Waals surface area contributed by atoms with Crippen molar-refractivity contribution in [3.8, 4) is 11.1 Å². The van der Waals surface area contributed by atoms with Gasteiger partial charge in [0.25, 0.3) is 0 Å². The summed E-state index contributed by atoms with van der Waals surface area (Å²) in [5.74, 6) is -0.904. The summed E-state index contributed by atoms with van der Waals surface area (Å²) >= 11 is 0. The molecular formula is C26H28N2O5. The first-order valence-corrected chi connectivity index (χ1v) is 11.6. The first-order chi connectivity index (χ1) is 15.9. The standard InChI is InChI=1S/C26H28N2O5/c29-23(30)14-26(11-12-26)28-24(31)22(13-16-9-10-16)27-25(32)33-15-21-19-7-3-1-5-17(19)18-6-2-4-8-20(18)21/h1-8,16,21-22H,9-15H2,(H,27,32)(H,28,31)(H,29,30). The molecule has 3 aliphatic rings. The topological polar surface area (TPSA) is 105 Å². The summed E-state index contributed by atoms with van der Waals surface area (Å²) in [6.45, 7) is 0.181. The van der Waals surface area contributed by atoms with Gasteiger partial charge >= 0.3 is 12.1 Å². The summed E-state index contributed by atoms with van der Waals surface area (Å²) < 4.78 is 5.61. The minimum Gasteiger partial charge on any atom is -0.481 e. The Morgan fingerprint density at radius 2 is 1.61 bits per heavy atom. The van der Waals surface area contributed by atoms with E-state index in [4.69, 9.17) is 9.84 Å². The van der Waals surface area contributed by atoms with E-state index in [-0.39, 0.29) is 24.9 Å². The van der Waals surface area contributed by atoms with E-state index in [1.54, 1.807) is 0 Å². The zero-order valence-electron chi connectivity index (χ0n) is 18.4. The Kier molecular flexibility index (Phi) is 5.56. The van der Waals surface area contributed by atoms with Crippen LogP contribution in [0.5, 0.6) is 0 Å². The molecule has 3 aliphatic carbocycles. The number of carboxylic acids is 1. The van der Waals surface area contributed by atoms with E-state index in [1.807, 2.05) is 24.3 Å². The van der Waals surface area contributed by atoms with Gasteiger partial charge in [-0.1, -0.05) is 61.4 Å². The molecule has 0 heterocycles. The Hall–Kier alpha value is -3.35. The van der Waals surface area contributed by atoms with E-state index in [2.05, 4.69) is 34.9 Å². The van der Waals surface area contributed by atoms with Crippen LogP contribution in [0, 0.1) is 5.92 Å². The summed E-state index contributed by atoms with van der Waals surface area (Å²) in [5, 5.41) is 14.7. The van der Waals surface area contributed by atoms with E-state index in [0.717, 1.165) is 35.1 Å². The first-order valence-electron chi connectivity index (χ1n) is 11.6. The third kappa shape index (κ3) is 4.72. The van der Waals surface area contributed by atoms with Crippen LogP contribution in [0.4, 0.5) is 4.79 Å². The molecule has 0 saturated heterocycles. The van der Waals surface area contributed by atoms with Crippen molar-refractivity contribution in [2.24, 2.45) is 5.92 Å². The number of rotatable bonds is 9. The summed E-state index contributed by atoms with van der Waals surface area (Å²) in [4.78, 5) is 36.7. The zero-order valence-corrected chi connectivity index (χ0v) is 18.4. The number of aliphatic carboxylic acids is 1. The third-order valence-electron chi connectivity index (χ3n) is 6.95. The maximum absolute atomic E-state index is 12.9. The number of amides is 2. The number of nitrogens with one attached hydrogen (secondary N) is 2. The number of hydrogen-bond donors (Lipinski definition) is 3. The molecule has 2 aromatic carbocycles. The number of hydrogen-bond acceptors (Lipinski definition) is 4. The second-order valence-corrected chi connectivity index (χ2v) is 9.54. The highest BCUT2D eigenvalue weighted by atomic mass is 16.5. The van der Waals surface area contributed by atoms with Crippen molar-refractivity contribution < 1.29 is 24.2 Å². The number of carboxylic acid groups (broad SMARTS) is 1. The fraction of sp³-hybridized carbons (Fsp3) is 0.423. The lowest BCUT2D eigenvalue weighted by atomic mass is 9.98. The average molecular weight is 449 g/mol. The van der Waals surface area contributed by atoms with Crippen molar-refractivity contribution in [2.75, 3.05) is 6.61 Å². The van der Waals surface area contributed by atoms with Crippen molar-refractivity contribution in [2.45, 2.75) is 56.0 Å². The SMILES string of the molecule is O=C(O)CC1(NC(=O)C(CC2CC2)NC(=O)OCC2c3ccccc3-c3ccccc32)CC1. The number of alkyl carbamates (subject to hydrolysis) is 1. The van der Waals surface area contributed by atoms with Crippen LogP contribution in [0.25, 0.3) is 11.1 Å². The van der Waals surface area contributed by atoms with Gasteiger partial charge in [0, 0.05) is 5.92 Å². The van der Waals surface area contributed by atoms with Crippen LogP contribution in [-0.2, 0) is 14.3 Å². The fourth-order valence-corrected chi connectivity index (χ4v) is 4.84. The van der Waals surface area contributed by atoms with Gasteiger partial charge in [-0.05, 0) is 47.4 Å². The van der Waals surface area contributed by atoms with Gasteiger partial charge in [-0.25, -0.2) is 4.79 Å². The molecule has 7 nitrogen and oxygen atoms in total. The highest BCUT2D eigenvalue weighted by molar-refractivity contribution is 5.87. The van der Waals surface area contributed by atoms with Crippen LogP contribution in [0.15, 0.2) is 48.5 Å². The number of benzene rings is 2. The van der Waals surface area contributed by atoms with Gasteiger partial charge in [-0.15, -0.1) is 0 Å². The number of carbonyl (C=O) groups excluding carboxylic acids is 2. The molecule has 0 bridgehead atoms. The molecule has 5 rings (SSSR count). The molecule has 0 aliphatic heterocycles. The monoisotopic (exact) mass is 448 g/mol. The van der Waals surface area contributed by atoms with Crippen molar-refractivity contribution in [1.82, 2.24) is 10.6 Å². The van der Waals surface area contributed by atoms with Crippen LogP contribution in [-0.4, -0.2) is 41.3 Å². The first kappa shape index (κ1) is 21.5. The Bertz CT molecular complexity index is 1040. The van der Waals surface area contributed by atoms with Gasteiger partial charge in [0.05, 0.1) is 12.0 Å². The van der Waals surface area contributed by atoms with Gasteiger partial charge in [0.1, 0.15) is 12.6 Å². The minimum absolute atomic E-state index is 0.0517. The fourth-order valence-electron chi connectivity index (χ4n) is 4.84. The second kappa shape index (κ2) is 8.54. The van der Waals surface area contributed by atoms with Gasteiger partial charge in [0.15, 0.2) is 0 Å². The van der Waals surface area contributed by atoms with Crippen LogP contribution in [0.1, 0.15) is 55.6 Å². The Morgan fingerprint density at radius 3 is 2.15 bits per heavy atom. The van der Waals surface area contributed by atoms with Gasteiger partial charge in [-0.2, -0.15) is 0 Å². The Labute approximate surface area is 192 Å². The molecular weight excluding hydrogens is 420 g/mol. The molecule has 1 unspecified atom stereocenters. The molecule has 2 aromatic rings. The van der Waals surface area contributed by atoms with Crippen molar-refractivity contribution in [3.05, 3.63) is 59.7 Å². The smallest absolute Gasteiger partial charge is 0.407 e. The van der Waals surface area contributed by atoms with Crippen LogP contribution >= 0.6 is 0 Å². The summed E-state index contributed by atoms with van der Waals surface area (Å²) in [5.41, 5.74) is 3.89. The van der Waals surface area contributed by atoms with E-state index >= 15 is 0 Å². The largest absolute Gasteiger partial charge is 0.481 e. The summed E-state index contributed by atoms with van der Waals surface area (Å²) in [6.07, 6.45) is 3.19. The average Bonchev–Trinajstić information content (AvgIpc) is 3.72. The van der Waals surface area contributed by atoms with Crippen molar-refractivity contribution in [3.63, 3.8) is 0 Å². The molecule has 0 spiro atoms. The summed E-state index contributed by atoms with van der Waals surface area (Å²) in [7, 11) is 0. The number of ether oxygens (including phenoxy) is 1. The lowest BCUT2D eigenvalue weighted by Crippen LogP contribution is -2.51. The quantitative estimate of drug-likeness (QED) is 0.541. The van der Waals surface area contributed by atoms with E-state index in [1.165, 1.54) is 0 Å². The molecule has 1 atom stereocenters. The maximum Gasteiger partial charge on any atom is 0.407 e. The lowest BCUT2D eigenvalue weighted by molar-refractivity contribution is -0.138. The van der Waals surface area contributed by atoms with Gasteiger partial charge in [0.2, 0.25) is 5.91 Å².